The first kappa shape index (κ1) is 17.7. The molecule has 5 nitrogen and oxygen atoms in total. The second-order valence-electron chi connectivity index (χ2n) is 5.06. The third kappa shape index (κ3) is 4.23. The molecule has 2 aromatic rings. The Morgan fingerprint density at radius 2 is 1.92 bits per heavy atom. The summed E-state index contributed by atoms with van der Waals surface area (Å²) in [6.45, 7) is -0.0144. The van der Waals surface area contributed by atoms with Gasteiger partial charge in [0.2, 0.25) is 0 Å². The van der Waals surface area contributed by atoms with Crippen molar-refractivity contribution in [2.75, 3.05) is 7.05 Å². The third-order valence-corrected chi connectivity index (χ3v) is 3.61. The summed E-state index contributed by atoms with van der Waals surface area (Å²) < 4.78 is 19.1. The highest BCUT2D eigenvalue weighted by Gasteiger charge is 2.31. The highest BCUT2D eigenvalue weighted by molar-refractivity contribution is 6.30. The van der Waals surface area contributed by atoms with Crippen LogP contribution in [0.4, 0.5) is 9.18 Å². The van der Waals surface area contributed by atoms with E-state index in [1.807, 2.05) is 6.07 Å². The number of likely N-dealkylation sites (N-methyl/N-ethyl adjacent to an activating group) is 1. The van der Waals surface area contributed by atoms with E-state index < -0.39 is 23.9 Å². The minimum Gasteiger partial charge on any atom is -0.479 e. The molecule has 2 rings (SSSR count). The van der Waals surface area contributed by atoms with Crippen LogP contribution in [0.5, 0.6) is 0 Å². The van der Waals surface area contributed by atoms with Crippen LogP contribution in [-0.2, 0) is 16.1 Å². The number of amides is 1. The molecule has 0 aliphatic rings. The molecule has 0 aromatic heterocycles. The van der Waals surface area contributed by atoms with Crippen LogP contribution in [0.25, 0.3) is 0 Å². The first-order valence-electron chi connectivity index (χ1n) is 7.01. The summed E-state index contributed by atoms with van der Waals surface area (Å²) in [5.41, 5.74) is 0.579. The smallest absolute Gasteiger partial charge is 0.410 e. The zero-order chi connectivity index (χ0) is 17.7. The van der Waals surface area contributed by atoms with Crippen molar-refractivity contribution in [3.05, 3.63) is 70.5 Å². The lowest BCUT2D eigenvalue weighted by Gasteiger charge is -2.25. The minimum absolute atomic E-state index is 0.0144. The summed E-state index contributed by atoms with van der Waals surface area (Å²) >= 11 is 5.67. The fraction of sp³-hybridized carbons (Fsp3) is 0.176. The summed E-state index contributed by atoms with van der Waals surface area (Å²) in [5, 5.41) is 9.51. The number of carbonyl (C=O) groups excluding carboxylic acids is 1. The minimum atomic E-state index is -1.52. The Morgan fingerprint density at radius 3 is 2.50 bits per heavy atom. The van der Waals surface area contributed by atoms with Gasteiger partial charge in [0.05, 0.1) is 0 Å². The molecular formula is C17H15ClFNO4. The number of benzene rings is 2. The largest absolute Gasteiger partial charge is 0.479 e. The van der Waals surface area contributed by atoms with Gasteiger partial charge in [-0.2, -0.15) is 0 Å². The van der Waals surface area contributed by atoms with Gasteiger partial charge in [-0.1, -0.05) is 48.0 Å². The van der Waals surface area contributed by atoms with Crippen LogP contribution in [0.2, 0.25) is 5.02 Å². The van der Waals surface area contributed by atoms with Crippen LogP contribution < -0.4 is 0 Å². The molecule has 0 bridgehead atoms. The van der Waals surface area contributed by atoms with E-state index in [2.05, 4.69) is 0 Å². The zero-order valence-electron chi connectivity index (χ0n) is 12.8. The van der Waals surface area contributed by atoms with E-state index >= 15 is 0 Å². The molecule has 0 saturated carbocycles. The van der Waals surface area contributed by atoms with Crippen molar-refractivity contribution >= 4 is 23.7 Å². The average Bonchev–Trinajstić information content (AvgIpc) is 2.55. The summed E-state index contributed by atoms with van der Waals surface area (Å²) in [6, 6.07) is 11.0. The maximum absolute atomic E-state index is 14.0. The van der Waals surface area contributed by atoms with E-state index in [0.29, 0.717) is 0 Å². The molecule has 0 spiro atoms. The van der Waals surface area contributed by atoms with Gasteiger partial charge in [0, 0.05) is 17.6 Å². The Hall–Kier alpha value is -2.60. The lowest BCUT2D eigenvalue weighted by atomic mass is 10.1. The standard InChI is InChI=1S/C17H15ClFNO4/c1-20(17(23)24-10-11-5-3-2-4-6-11)15(16(21)22)13-8-7-12(18)9-14(13)19/h2-9,15H,10H2,1H3,(H,21,22). The van der Waals surface area contributed by atoms with Gasteiger partial charge in [-0.05, 0) is 17.7 Å². The molecule has 0 heterocycles. The van der Waals surface area contributed by atoms with Crippen LogP contribution in [0.1, 0.15) is 17.2 Å². The van der Waals surface area contributed by atoms with Gasteiger partial charge in [-0.3, -0.25) is 4.90 Å². The summed E-state index contributed by atoms with van der Waals surface area (Å²) in [7, 11) is 1.24. The number of hydrogen-bond acceptors (Lipinski definition) is 3. The van der Waals surface area contributed by atoms with E-state index in [-0.39, 0.29) is 17.2 Å². The van der Waals surface area contributed by atoms with Crippen molar-refractivity contribution in [2.24, 2.45) is 0 Å². The summed E-state index contributed by atoms with van der Waals surface area (Å²) in [6.07, 6.45) is -0.874. The molecule has 0 radical (unpaired) electrons. The predicted molar refractivity (Wildman–Crippen MR) is 86.2 cm³/mol. The molecule has 0 aliphatic heterocycles. The van der Waals surface area contributed by atoms with Gasteiger partial charge >= 0.3 is 12.1 Å². The van der Waals surface area contributed by atoms with E-state index in [1.165, 1.54) is 19.2 Å². The molecule has 2 aromatic carbocycles. The third-order valence-electron chi connectivity index (χ3n) is 3.37. The van der Waals surface area contributed by atoms with Crippen LogP contribution in [0, 0.1) is 5.82 Å². The second kappa shape index (κ2) is 7.79. The van der Waals surface area contributed by atoms with E-state index in [9.17, 15) is 19.1 Å². The first-order valence-corrected chi connectivity index (χ1v) is 7.39. The number of halogens is 2. The number of ether oxygens (including phenoxy) is 1. The lowest BCUT2D eigenvalue weighted by Crippen LogP contribution is -2.36. The van der Waals surface area contributed by atoms with Gasteiger partial charge in [0.25, 0.3) is 0 Å². The fourth-order valence-electron chi connectivity index (χ4n) is 2.16. The van der Waals surface area contributed by atoms with Gasteiger partial charge in [0.1, 0.15) is 12.4 Å². The maximum atomic E-state index is 14.0. The Labute approximate surface area is 143 Å². The molecule has 24 heavy (non-hydrogen) atoms. The lowest BCUT2D eigenvalue weighted by molar-refractivity contribution is -0.142. The summed E-state index contributed by atoms with van der Waals surface area (Å²) in [4.78, 5) is 24.4. The van der Waals surface area contributed by atoms with Gasteiger partial charge in [-0.15, -0.1) is 0 Å². The van der Waals surface area contributed by atoms with Crippen molar-refractivity contribution in [1.29, 1.82) is 0 Å². The second-order valence-corrected chi connectivity index (χ2v) is 5.49. The van der Waals surface area contributed by atoms with Gasteiger partial charge in [0.15, 0.2) is 6.04 Å². The van der Waals surface area contributed by atoms with Gasteiger partial charge in [-0.25, -0.2) is 14.0 Å². The molecule has 1 amide bonds. The van der Waals surface area contributed by atoms with Gasteiger partial charge < -0.3 is 9.84 Å². The molecule has 0 fully saturated rings. The molecule has 7 heteroatoms. The van der Waals surface area contributed by atoms with Crippen molar-refractivity contribution in [1.82, 2.24) is 4.90 Å². The number of hydrogen-bond donors (Lipinski definition) is 1. The molecule has 126 valence electrons. The molecule has 0 saturated heterocycles. The van der Waals surface area contributed by atoms with Crippen LogP contribution in [-0.4, -0.2) is 29.1 Å². The maximum Gasteiger partial charge on any atom is 0.410 e. The number of carboxylic acids is 1. The van der Waals surface area contributed by atoms with Crippen LogP contribution in [0.15, 0.2) is 48.5 Å². The Morgan fingerprint density at radius 1 is 1.25 bits per heavy atom. The Bertz CT molecular complexity index is 739. The Kier molecular flexibility index (Phi) is 5.76. The topological polar surface area (TPSA) is 66.8 Å². The van der Waals surface area contributed by atoms with E-state index in [1.54, 1.807) is 24.3 Å². The first-order chi connectivity index (χ1) is 11.4. The van der Waals surface area contributed by atoms with E-state index in [4.69, 9.17) is 16.3 Å². The molecule has 1 N–H and O–H groups in total. The van der Waals surface area contributed by atoms with Crippen molar-refractivity contribution in [3.63, 3.8) is 0 Å². The molecular weight excluding hydrogens is 337 g/mol. The molecule has 1 atom stereocenters. The number of nitrogens with zero attached hydrogens (tertiary/aromatic N) is 1. The predicted octanol–water partition coefficient (Wildman–Crippen LogP) is 3.87. The normalized spacial score (nSPS) is 11.6. The highest BCUT2D eigenvalue weighted by Crippen LogP contribution is 2.26. The quantitative estimate of drug-likeness (QED) is 0.887. The fourth-order valence-corrected chi connectivity index (χ4v) is 2.32. The van der Waals surface area contributed by atoms with Crippen molar-refractivity contribution < 1.29 is 23.8 Å². The zero-order valence-corrected chi connectivity index (χ0v) is 13.5. The van der Waals surface area contributed by atoms with Crippen LogP contribution in [0.3, 0.4) is 0 Å². The Balaban J connectivity index is 2.15. The number of carbonyl (C=O) groups is 2. The SMILES string of the molecule is CN(C(=O)OCc1ccccc1)C(C(=O)O)c1ccc(Cl)cc1F. The monoisotopic (exact) mass is 351 g/mol. The molecule has 1 unspecified atom stereocenters. The van der Waals surface area contributed by atoms with Crippen LogP contribution >= 0.6 is 11.6 Å². The van der Waals surface area contributed by atoms with Crippen molar-refractivity contribution in [3.8, 4) is 0 Å². The number of carboxylic acid groups (broad SMARTS) is 1. The van der Waals surface area contributed by atoms with E-state index in [0.717, 1.165) is 16.5 Å². The highest BCUT2D eigenvalue weighted by atomic mass is 35.5. The van der Waals surface area contributed by atoms with Crippen molar-refractivity contribution in [2.45, 2.75) is 12.6 Å². The number of aliphatic carboxylic acids is 1. The number of rotatable bonds is 5. The molecule has 0 aliphatic carbocycles. The average molecular weight is 352 g/mol. The summed E-state index contributed by atoms with van der Waals surface area (Å²) in [5.74, 6) is -2.19.